The van der Waals surface area contributed by atoms with Gasteiger partial charge in [-0.3, -0.25) is 0 Å². The number of thiophene rings is 1. The fraction of sp³-hybridized carbons (Fsp3) is 0.600. The fourth-order valence-corrected chi connectivity index (χ4v) is 1.98. The van der Waals surface area contributed by atoms with Crippen LogP contribution in [0.4, 0.5) is 0 Å². The lowest BCUT2D eigenvalue weighted by molar-refractivity contribution is 0.115. The predicted octanol–water partition coefficient (Wildman–Crippen LogP) is 3.14. The lowest BCUT2D eigenvalue weighted by atomic mass is 9.96. The van der Waals surface area contributed by atoms with Crippen LogP contribution in [0.3, 0.4) is 0 Å². The first-order valence-electron chi connectivity index (χ1n) is 4.38. The smallest absolute Gasteiger partial charge is 0.0826 e. The van der Waals surface area contributed by atoms with Crippen LogP contribution in [0.5, 0.6) is 0 Å². The summed E-state index contributed by atoms with van der Waals surface area (Å²) in [6.45, 7) is 6.25. The number of hydrogen-bond acceptors (Lipinski definition) is 2. The number of aliphatic hydroxyl groups is 1. The largest absolute Gasteiger partial charge is 0.388 e. The van der Waals surface area contributed by atoms with Crippen LogP contribution in [0.15, 0.2) is 11.4 Å². The van der Waals surface area contributed by atoms with E-state index in [2.05, 4.69) is 20.8 Å². The first-order valence-corrected chi connectivity index (χ1v) is 5.26. The van der Waals surface area contributed by atoms with Gasteiger partial charge in [-0.1, -0.05) is 20.3 Å². The van der Waals surface area contributed by atoms with Crippen molar-refractivity contribution in [2.45, 2.75) is 33.3 Å². The van der Waals surface area contributed by atoms with Crippen LogP contribution < -0.4 is 0 Å². The maximum absolute atomic E-state index is 9.87. The minimum absolute atomic E-state index is 0.277. The summed E-state index contributed by atoms with van der Waals surface area (Å²) < 4.78 is 0. The maximum Gasteiger partial charge on any atom is 0.0826 e. The molecule has 0 fully saturated rings. The topological polar surface area (TPSA) is 20.2 Å². The highest BCUT2D eigenvalue weighted by molar-refractivity contribution is 7.10. The summed E-state index contributed by atoms with van der Waals surface area (Å²) in [5.41, 5.74) is 1.11. The third kappa shape index (κ3) is 1.87. The highest BCUT2D eigenvalue weighted by Crippen LogP contribution is 2.29. The predicted molar refractivity (Wildman–Crippen MR) is 53.5 cm³/mol. The average Bonchev–Trinajstić information content (AvgIpc) is 2.48. The van der Waals surface area contributed by atoms with Crippen molar-refractivity contribution in [2.24, 2.45) is 5.92 Å². The second-order valence-corrected chi connectivity index (χ2v) is 4.38. The SMILES string of the molecule is CCC(C)C(O)c1ccsc1C. The van der Waals surface area contributed by atoms with Crippen molar-refractivity contribution in [2.75, 3.05) is 0 Å². The Hall–Kier alpha value is -0.340. The quantitative estimate of drug-likeness (QED) is 0.765. The van der Waals surface area contributed by atoms with Crippen molar-refractivity contribution in [1.82, 2.24) is 0 Å². The van der Waals surface area contributed by atoms with Crippen molar-refractivity contribution in [3.8, 4) is 0 Å². The lowest BCUT2D eigenvalue weighted by Gasteiger charge is -2.16. The minimum Gasteiger partial charge on any atom is -0.388 e. The summed E-state index contributed by atoms with van der Waals surface area (Å²) in [5, 5.41) is 11.9. The molecule has 0 radical (unpaired) electrons. The molecule has 2 heteroatoms. The second kappa shape index (κ2) is 4.06. The summed E-state index contributed by atoms with van der Waals surface area (Å²) in [6, 6.07) is 2.02. The molecule has 0 spiro atoms. The zero-order valence-corrected chi connectivity index (χ0v) is 8.69. The second-order valence-electron chi connectivity index (χ2n) is 3.26. The maximum atomic E-state index is 9.87. The van der Waals surface area contributed by atoms with E-state index in [1.165, 1.54) is 4.88 Å². The number of aliphatic hydroxyl groups excluding tert-OH is 1. The number of rotatable bonds is 3. The van der Waals surface area contributed by atoms with Crippen molar-refractivity contribution in [3.05, 3.63) is 21.9 Å². The summed E-state index contributed by atoms with van der Waals surface area (Å²) >= 11 is 1.70. The Labute approximate surface area is 78.1 Å². The van der Waals surface area contributed by atoms with Crippen LogP contribution in [-0.2, 0) is 0 Å². The van der Waals surface area contributed by atoms with E-state index in [-0.39, 0.29) is 6.10 Å². The molecule has 1 heterocycles. The van der Waals surface area contributed by atoms with Gasteiger partial charge < -0.3 is 5.11 Å². The molecule has 12 heavy (non-hydrogen) atoms. The summed E-state index contributed by atoms with van der Waals surface area (Å²) in [6.07, 6.45) is 0.748. The van der Waals surface area contributed by atoms with E-state index in [9.17, 15) is 5.11 Å². The molecule has 0 saturated heterocycles. The molecular weight excluding hydrogens is 168 g/mol. The van der Waals surface area contributed by atoms with Crippen molar-refractivity contribution in [3.63, 3.8) is 0 Å². The highest BCUT2D eigenvalue weighted by Gasteiger charge is 2.16. The molecule has 2 atom stereocenters. The molecule has 0 aliphatic carbocycles. The highest BCUT2D eigenvalue weighted by atomic mass is 32.1. The Kier molecular flexibility index (Phi) is 3.29. The molecule has 0 aliphatic rings. The Morgan fingerprint density at radius 2 is 2.25 bits per heavy atom. The van der Waals surface area contributed by atoms with E-state index < -0.39 is 0 Å². The third-order valence-corrected chi connectivity index (χ3v) is 3.26. The van der Waals surface area contributed by atoms with Gasteiger partial charge in [0.05, 0.1) is 6.10 Å². The first-order chi connectivity index (χ1) is 5.66. The summed E-state index contributed by atoms with van der Waals surface area (Å²) in [7, 11) is 0. The van der Waals surface area contributed by atoms with Crippen molar-refractivity contribution < 1.29 is 5.11 Å². The van der Waals surface area contributed by atoms with Gasteiger partial charge >= 0.3 is 0 Å². The van der Waals surface area contributed by atoms with Crippen LogP contribution in [0.25, 0.3) is 0 Å². The van der Waals surface area contributed by atoms with E-state index in [0.29, 0.717) is 5.92 Å². The van der Waals surface area contributed by atoms with E-state index in [1.807, 2.05) is 11.4 Å². The lowest BCUT2D eigenvalue weighted by Crippen LogP contribution is -2.07. The van der Waals surface area contributed by atoms with E-state index in [1.54, 1.807) is 11.3 Å². The molecule has 1 rings (SSSR count). The van der Waals surface area contributed by atoms with Gasteiger partial charge in [0.1, 0.15) is 0 Å². The zero-order valence-electron chi connectivity index (χ0n) is 7.87. The Morgan fingerprint density at radius 3 is 2.67 bits per heavy atom. The third-order valence-electron chi connectivity index (χ3n) is 2.40. The Morgan fingerprint density at radius 1 is 1.58 bits per heavy atom. The molecule has 1 aromatic heterocycles. The average molecular weight is 184 g/mol. The van der Waals surface area contributed by atoms with Crippen molar-refractivity contribution >= 4 is 11.3 Å². The molecule has 0 saturated carbocycles. The molecule has 68 valence electrons. The summed E-state index contributed by atoms with van der Waals surface area (Å²) in [4.78, 5) is 1.24. The number of aryl methyl sites for hydroxylation is 1. The number of hydrogen-bond donors (Lipinski definition) is 1. The normalized spacial score (nSPS) is 16.0. The molecule has 0 aromatic carbocycles. The zero-order chi connectivity index (χ0) is 9.14. The van der Waals surface area contributed by atoms with Gasteiger partial charge in [0.15, 0.2) is 0 Å². The minimum atomic E-state index is -0.277. The van der Waals surface area contributed by atoms with Gasteiger partial charge in [-0.2, -0.15) is 0 Å². The molecule has 0 amide bonds. The van der Waals surface area contributed by atoms with Gasteiger partial charge in [-0.25, -0.2) is 0 Å². The van der Waals surface area contributed by atoms with E-state index in [4.69, 9.17) is 0 Å². The van der Waals surface area contributed by atoms with Crippen LogP contribution in [0.2, 0.25) is 0 Å². The van der Waals surface area contributed by atoms with Gasteiger partial charge in [0.2, 0.25) is 0 Å². The Balaban J connectivity index is 2.77. The molecule has 1 nitrogen and oxygen atoms in total. The fourth-order valence-electron chi connectivity index (χ4n) is 1.23. The first kappa shape index (κ1) is 9.75. The van der Waals surface area contributed by atoms with E-state index in [0.717, 1.165) is 12.0 Å². The standard InChI is InChI=1S/C10H16OS/c1-4-7(2)10(11)9-5-6-12-8(9)3/h5-7,10-11H,4H2,1-3H3. The van der Waals surface area contributed by atoms with Crippen LogP contribution in [0, 0.1) is 12.8 Å². The van der Waals surface area contributed by atoms with Gasteiger partial charge in [0.25, 0.3) is 0 Å². The van der Waals surface area contributed by atoms with Crippen LogP contribution in [-0.4, -0.2) is 5.11 Å². The molecule has 0 bridgehead atoms. The molecule has 2 unspecified atom stereocenters. The Bertz CT molecular complexity index is 242. The van der Waals surface area contributed by atoms with Crippen LogP contribution >= 0.6 is 11.3 Å². The monoisotopic (exact) mass is 184 g/mol. The van der Waals surface area contributed by atoms with E-state index >= 15 is 0 Å². The van der Waals surface area contributed by atoms with Gasteiger partial charge in [-0.05, 0) is 29.9 Å². The molecular formula is C10H16OS. The molecule has 0 aliphatic heterocycles. The van der Waals surface area contributed by atoms with Gasteiger partial charge in [-0.15, -0.1) is 11.3 Å². The van der Waals surface area contributed by atoms with Gasteiger partial charge in [0, 0.05) is 4.88 Å². The molecule has 1 N–H and O–H groups in total. The molecule has 1 aromatic rings. The van der Waals surface area contributed by atoms with Crippen LogP contribution in [0.1, 0.15) is 36.8 Å². The van der Waals surface area contributed by atoms with Crippen molar-refractivity contribution in [1.29, 1.82) is 0 Å². The summed E-state index contributed by atoms with van der Waals surface area (Å²) in [5.74, 6) is 0.360.